The van der Waals surface area contributed by atoms with Gasteiger partial charge in [-0.2, -0.15) is 4.98 Å². The van der Waals surface area contributed by atoms with Crippen LogP contribution in [-0.2, 0) is 11.2 Å². The fraction of sp³-hybridized carbons (Fsp3) is 0.0625. The second-order valence-electron chi connectivity index (χ2n) is 4.73. The van der Waals surface area contributed by atoms with Gasteiger partial charge in [0.25, 0.3) is 5.89 Å². The fourth-order valence-electron chi connectivity index (χ4n) is 1.97. The van der Waals surface area contributed by atoms with Crippen molar-refractivity contribution in [3.63, 3.8) is 0 Å². The Morgan fingerprint density at radius 3 is 2.70 bits per heavy atom. The van der Waals surface area contributed by atoms with Gasteiger partial charge in [-0.1, -0.05) is 46.6 Å². The highest BCUT2D eigenvalue weighted by Gasteiger charge is 2.15. The van der Waals surface area contributed by atoms with E-state index in [1.54, 1.807) is 30.3 Å². The third-order valence-electron chi connectivity index (χ3n) is 3.00. The lowest BCUT2D eigenvalue weighted by atomic mass is 10.2. The van der Waals surface area contributed by atoms with Gasteiger partial charge in [0, 0.05) is 10.7 Å². The number of carbonyl (C=O) groups is 1. The largest absolute Gasteiger partial charge is 0.334 e. The zero-order valence-electron chi connectivity index (χ0n) is 11.8. The van der Waals surface area contributed by atoms with Crippen LogP contribution in [0.1, 0.15) is 5.82 Å². The van der Waals surface area contributed by atoms with Crippen LogP contribution < -0.4 is 5.32 Å². The fourth-order valence-corrected chi connectivity index (χ4v) is 2.34. The van der Waals surface area contributed by atoms with Crippen LogP contribution in [0.3, 0.4) is 0 Å². The van der Waals surface area contributed by atoms with Crippen molar-refractivity contribution in [2.75, 3.05) is 5.32 Å². The summed E-state index contributed by atoms with van der Waals surface area (Å²) >= 11 is 12.0. The molecule has 0 spiro atoms. The third-order valence-corrected chi connectivity index (χ3v) is 3.57. The molecule has 0 aliphatic rings. The van der Waals surface area contributed by atoms with Gasteiger partial charge in [0.05, 0.1) is 17.0 Å². The summed E-state index contributed by atoms with van der Waals surface area (Å²) < 4.78 is 5.15. The van der Waals surface area contributed by atoms with Gasteiger partial charge in [-0.3, -0.25) is 4.79 Å². The Balaban J connectivity index is 1.72. The first-order chi connectivity index (χ1) is 11.1. The Bertz CT molecular complexity index is 834. The molecular weight excluding hydrogens is 337 g/mol. The number of carbonyl (C=O) groups excluding carboxylic acids is 1. The summed E-state index contributed by atoms with van der Waals surface area (Å²) in [6.07, 6.45) is -0.00339. The van der Waals surface area contributed by atoms with Gasteiger partial charge in [0.2, 0.25) is 5.91 Å². The van der Waals surface area contributed by atoms with E-state index < -0.39 is 0 Å². The number of halogens is 2. The summed E-state index contributed by atoms with van der Waals surface area (Å²) in [5.74, 6) is 0.255. The van der Waals surface area contributed by atoms with E-state index in [0.717, 1.165) is 0 Å². The van der Waals surface area contributed by atoms with E-state index in [4.69, 9.17) is 27.7 Å². The normalized spacial score (nSPS) is 10.5. The first-order valence-corrected chi connectivity index (χ1v) is 7.50. The molecule has 0 bridgehead atoms. The molecule has 1 heterocycles. The second-order valence-corrected chi connectivity index (χ2v) is 5.57. The molecule has 116 valence electrons. The van der Waals surface area contributed by atoms with Gasteiger partial charge in [0.15, 0.2) is 5.82 Å². The Hall–Kier alpha value is -2.37. The van der Waals surface area contributed by atoms with Crippen LogP contribution >= 0.6 is 23.2 Å². The highest BCUT2D eigenvalue weighted by Crippen LogP contribution is 2.29. The average molecular weight is 348 g/mol. The summed E-state index contributed by atoms with van der Waals surface area (Å²) in [7, 11) is 0. The summed E-state index contributed by atoms with van der Waals surface area (Å²) in [6, 6.07) is 14.1. The molecule has 0 saturated carbocycles. The maximum atomic E-state index is 12.0. The van der Waals surface area contributed by atoms with Crippen molar-refractivity contribution in [3.05, 3.63) is 64.4 Å². The Kier molecular flexibility index (Phi) is 4.60. The number of hydrogen-bond acceptors (Lipinski definition) is 4. The number of amides is 1. The lowest BCUT2D eigenvalue weighted by molar-refractivity contribution is -0.115. The number of aromatic nitrogens is 2. The van der Waals surface area contributed by atoms with Crippen LogP contribution in [0.2, 0.25) is 10.0 Å². The maximum Gasteiger partial charge on any atom is 0.259 e. The van der Waals surface area contributed by atoms with Crippen molar-refractivity contribution < 1.29 is 9.32 Å². The molecule has 7 heteroatoms. The van der Waals surface area contributed by atoms with Crippen LogP contribution in [0.15, 0.2) is 53.1 Å². The SMILES string of the molecule is O=C(Cc1noc(-c2cc(Cl)ccc2Cl)n1)Nc1ccccc1. The summed E-state index contributed by atoms with van der Waals surface area (Å²) in [6.45, 7) is 0. The average Bonchev–Trinajstić information content (AvgIpc) is 2.98. The predicted octanol–water partition coefficient (Wildman–Crippen LogP) is 4.22. The minimum absolute atomic E-state index is 0.00339. The molecule has 2 aromatic carbocycles. The molecule has 0 fully saturated rings. The van der Waals surface area contributed by atoms with Gasteiger partial charge in [-0.15, -0.1) is 0 Å². The third kappa shape index (κ3) is 3.88. The molecule has 1 amide bonds. The molecule has 3 aromatic rings. The van der Waals surface area contributed by atoms with Gasteiger partial charge < -0.3 is 9.84 Å². The molecule has 1 aromatic heterocycles. The highest BCUT2D eigenvalue weighted by molar-refractivity contribution is 6.35. The molecule has 0 atom stereocenters. The van der Waals surface area contributed by atoms with E-state index in [2.05, 4.69) is 15.5 Å². The van der Waals surface area contributed by atoms with Crippen molar-refractivity contribution in [2.24, 2.45) is 0 Å². The predicted molar refractivity (Wildman–Crippen MR) is 88.5 cm³/mol. The van der Waals surface area contributed by atoms with Crippen molar-refractivity contribution in [1.29, 1.82) is 0 Å². The maximum absolute atomic E-state index is 12.0. The molecule has 0 saturated heterocycles. The van der Waals surface area contributed by atoms with Gasteiger partial charge in [-0.25, -0.2) is 0 Å². The lowest BCUT2D eigenvalue weighted by Crippen LogP contribution is -2.15. The van der Waals surface area contributed by atoms with Crippen molar-refractivity contribution >= 4 is 34.8 Å². The zero-order valence-corrected chi connectivity index (χ0v) is 13.3. The number of para-hydroxylation sites is 1. The number of nitrogens with zero attached hydrogens (tertiary/aromatic N) is 2. The Morgan fingerprint density at radius 1 is 1.13 bits per heavy atom. The molecule has 5 nitrogen and oxygen atoms in total. The molecule has 3 rings (SSSR count). The van der Waals surface area contributed by atoms with Crippen LogP contribution in [0.25, 0.3) is 11.5 Å². The second kappa shape index (κ2) is 6.81. The topological polar surface area (TPSA) is 68.0 Å². The van der Waals surface area contributed by atoms with Gasteiger partial charge in [-0.05, 0) is 30.3 Å². The minimum atomic E-state index is -0.235. The van der Waals surface area contributed by atoms with Crippen molar-refractivity contribution in [1.82, 2.24) is 10.1 Å². The van der Waals surface area contributed by atoms with Crippen LogP contribution in [0.4, 0.5) is 5.69 Å². The molecule has 23 heavy (non-hydrogen) atoms. The zero-order chi connectivity index (χ0) is 16.2. The van der Waals surface area contributed by atoms with Crippen LogP contribution in [0.5, 0.6) is 0 Å². The number of rotatable bonds is 4. The summed E-state index contributed by atoms with van der Waals surface area (Å²) in [5.41, 5.74) is 1.24. The van der Waals surface area contributed by atoms with Crippen molar-refractivity contribution in [2.45, 2.75) is 6.42 Å². The van der Waals surface area contributed by atoms with E-state index in [1.165, 1.54) is 0 Å². The number of nitrogens with one attached hydrogen (secondary N) is 1. The monoisotopic (exact) mass is 347 g/mol. The molecular formula is C16H11Cl2N3O2. The van der Waals surface area contributed by atoms with Gasteiger partial charge >= 0.3 is 0 Å². The first kappa shape index (κ1) is 15.5. The molecule has 0 aliphatic carbocycles. The Labute approximate surface area is 142 Å². The molecule has 1 N–H and O–H groups in total. The van der Waals surface area contributed by atoms with Gasteiger partial charge in [0.1, 0.15) is 0 Å². The minimum Gasteiger partial charge on any atom is -0.334 e. The van der Waals surface area contributed by atoms with E-state index in [0.29, 0.717) is 21.3 Å². The van der Waals surface area contributed by atoms with Crippen molar-refractivity contribution in [3.8, 4) is 11.5 Å². The number of anilines is 1. The van der Waals surface area contributed by atoms with Crippen LogP contribution in [-0.4, -0.2) is 16.0 Å². The quantitative estimate of drug-likeness (QED) is 0.766. The Morgan fingerprint density at radius 2 is 1.91 bits per heavy atom. The molecule has 0 aliphatic heterocycles. The number of benzene rings is 2. The lowest BCUT2D eigenvalue weighted by Gasteiger charge is -2.02. The highest BCUT2D eigenvalue weighted by atomic mass is 35.5. The smallest absolute Gasteiger partial charge is 0.259 e. The van der Waals surface area contributed by atoms with E-state index in [1.807, 2.05) is 18.2 Å². The molecule has 0 unspecified atom stereocenters. The van der Waals surface area contributed by atoms with E-state index >= 15 is 0 Å². The molecule has 0 radical (unpaired) electrons. The van der Waals surface area contributed by atoms with Crippen LogP contribution in [0, 0.1) is 0 Å². The summed E-state index contributed by atoms with van der Waals surface area (Å²) in [4.78, 5) is 16.2. The first-order valence-electron chi connectivity index (χ1n) is 6.75. The van der Waals surface area contributed by atoms with E-state index in [9.17, 15) is 4.79 Å². The van der Waals surface area contributed by atoms with E-state index in [-0.39, 0.29) is 24.0 Å². The number of hydrogen-bond donors (Lipinski definition) is 1. The standard InChI is InChI=1S/C16H11Cl2N3O2/c17-10-6-7-13(18)12(8-10)16-20-14(21-23-16)9-15(22)19-11-4-2-1-3-5-11/h1-8H,9H2,(H,19,22). The summed E-state index contributed by atoms with van der Waals surface area (Å²) in [5, 5.41) is 7.50.